The number of carbonyl (C=O) groups excluding carboxylic acids is 1. The third-order valence-corrected chi connectivity index (χ3v) is 3.05. The van der Waals surface area contributed by atoms with Crippen molar-refractivity contribution in [1.29, 1.82) is 0 Å². The maximum absolute atomic E-state index is 11.5. The molecule has 2 rings (SSSR count). The van der Waals surface area contributed by atoms with Crippen LogP contribution in [0.25, 0.3) is 0 Å². The van der Waals surface area contributed by atoms with Crippen LogP contribution in [0.15, 0.2) is 6.07 Å². The summed E-state index contributed by atoms with van der Waals surface area (Å²) in [5, 5.41) is 0. The van der Waals surface area contributed by atoms with Gasteiger partial charge in [0.15, 0.2) is 0 Å². The second-order valence-corrected chi connectivity index (χ2v) is 4.42. The quantitative estimate of drug-likeness (QED) is 0.802. The predicted octanol–water partition coefficient (Wildman–Crippen LogP) is 0.817. The molecule has 4 heteroatoms. The number of aromatic nitrogens is 1. The van der Waals surface area contributed by atoms with Gasteiger partial charge in [-0.05, 0) is 38.3 Å². The Bertz CT molecular complexity index is 423. The highest BCUT2D eigenvalue weighted by atomic mass is 16.1. The molecule has 1 aliphatic rings. The zero-order valence-electron chi connectivity index (χ0n) is 9.84. The summed E-state index contributed by atoms with van der Waals surface area (Å²) in [6.07, 6.45) is 2.36. The van der Waals surface area contributed by atoms with Crippen molar-refractivity contribution in [3.63, 3.8) is 0 Å². The van der Waals surface area contributed by atoms with Crippen molar-refractivity contribution in [3.05, 3.63) is 22.9 Å². The van der Waals surface area contributed by atoms with E-state index < -0.39 is 0 Å². The summed E-state index contributed by atoms with van der Waals surface area (Å²) in [5.74, 6) is 0.540. The molecule has 0 spiro atoms. The number of amides is 1. The van der Waals surface area contributed by atoms with Gasteiger partial charge < -0.3 is 5.73 Å². The van der Waals surface area contributed by atoms with Gasteiger partial charge in [-0.15, -0.1) is 0 Å². The number of hydrogen-bond acceptors (Lipinski definition) is 2. The molecule has 1 aliphatic heterocycles. The number of carbonyl (C=O) groups is 1. The Morgan fingerprint density at radius 3 is 2.56 bits per heavy atom. The number of rotatable bonds is 2. The SMILES string of the molecule is Cc1cc(C)c(C(N)=O)c(N2CCCC2)[nH+]1. The summed E-state index contributed by atoms with van der Waals surface area (Å²) in [7, 11) is 0. The number of nitrogens with zero attached hydrogens (tertiary/aromatic N) is 1. The predicted molar refractivity (Wildman–Crippen MR) is 62.4 cm³/mol. The number of pyridine rings is 1. The Labute approximate surface area is 95.5 Å². The number of hydrogen-bond donors (Lipinski definition) is 1. The molecule has 3 N–H and O–H groups in total. The van der Waals surface area contributed by atoms with Crippen molar-refractivity contribution in [2.24, 2.45) is 5.73 Å². The molecular formula is C12H18N3O+. The number of nitrogens with one attached hydrogen (secondary N) is 1. The van der Waals surface area contributed by atoms with Crippen LogP contribution < -0.4 is 15.6 Å². The summed E-state index contributed by atoms with van der Waals surface area (Å²) >= 11 is 0. The first-order valence-electron chi connectivity index (χ1n) is 5.68. The highest BCUT2D eigenvalue weighted by Gasteiger charge is 2.27. The van der Waals surface area contributed by atoms with Crippen molar-refractivity contribution < 1.29 is 9.78 Å². The van der Waals surface area contributed by atoms with E-state index in [-0.39, 0.29) is 5.91 Å². The first kappa shape index (κ1) is 10.9. The molecule has 16 heavy (non-hydrogen) atoms. The molecule has 0 radical (unpaired) electrons. The van der Waals surface area contributed by atoms with Gasteiger partial charge in [-0.2, -0.15) is 0 Å². The van der Waals surface area contributed by atoms with E-state index in [1.54, 1.807) is 0 Å². The van der Waals surface area contributed by atoms with E-state index in [1.165, 1.54) is 12.8 Å². The second-order valence-electron chi connectivity index (χ2n) is 4.42. The summed E-state index contributed by atoms with van der Waals surface area (Å²) in [4.78, 5) is 17.0. The Balaban J connectivity index is 2.52. The van der Waals surface area contributed by atoms with Crippen molar-refractivity contribution in [1.82, 2.24) is 0 Å². The molecule has 1 aromatic rings. The third-order valence-electron chi connectivity index (χ3n) is 3.05. The average Bonchev–Trinajstić information content (AvgIpc) is 2.67. The minimum Gasteiger partial charge on any atom is -0.365 e. The fraction of sp³-hybridized carbons (Fsp3) is 0.500. The lowest BCUT2D eigenvalue weighted by molar-refractivity contribution is -0.373. The highest BCUT2D eigenvalue weighted by molar-refractivity contribution is 5.98. The Kier molecular flexibility index (Phi) is 2.81. The number of nitrogens with two attached hydrogens (primary N) is 1. The number of anilines is 1. The van der Waals surface area contributed by atoms with E-state index in [1.807, 2.05) is 19.9 Å². The van der Waals surface area contributed by atoms with Crippen LogP contribution in [0, 0.1) is 13.8 Å². The molecule has 4 nitrogen and oxygen atoms in total. The molecule has 0 aromatic carbocycles. The zero-order chi connectivity index (χ0) is 11.7. The van der Waals surface area contributed by atoms with Gasteiger partial charge in [0.05, 0.1) is 18.8 Å². The highest BCUT2D eigenvalue weighted by Crippen LogP contribution is 2.22. The minimum absolute atomic E-state index is 0.351. The standard InChI is InChI=1S/C12H17N3O/c1-8-7-9(2)14-12(10(8)11(13)16)15-5-3-4-6-15/h7H,3-6H2,1-2H3,(H2,13,16)/p+1. The molecule has 0 bridgehead atoms. The fourth-order valence-electron chi connectivity index (χ4n) is 2.36. The van der Waals surface area contributed by atoms with Crippen LogP contribution in [-0.2, 0) is 0 Å². The molecule has 1 saturated heterocycles. The molecule has 0 aliphatic carbocycles. The van der Waals surface area contributed by atoms with Crippen molar-refractivity contribution >= 4 is 11.7 Å². The molecule has 0 unspecified atom stereocenters. The maximum atomic E-state index is 11.5. The lowest BCUT2D eigenvalue weighted by atomic mass is 10.1. The van der Waals surface area contributed by atoms with E-state index in [2.05, 4.69) is 9.88 Å². The van der Waals surface area contributed by atoms with Gasteiger partial charge in [0, 0.05) is 0 Å². The lowest BCUT2D eigenvalue weighted by Gasteiger charge is -2.13. The van der Waals surface area contributed by atoms with Gasteiger partial charge in [0.2, 0.25) is 0 Å². The first-order chi connectivity index (χ1) is 7.59. The van der Waals surface area contributed by atoms with Gasteiger partial charge in [-0.25, -0.2) is 4.98 Å². The zero-order valence-corrected chi connectivity index (χ0v) is 9.84. The molecular weight excluding hydrogens is 202 g/mol. The smallest absolute Gasteiger partial charge is 0.287 e. The van der Waals surface area contributed by atoms with Gasteiger partial charge in [0.25, 0.3) is 11.7 Å². The summed E-state index contributed by atoms with van der Waals surface area (Å²) in [6, 6.07) is 1.96. The van der Waals surface area contributed by atoms with Gasteiger partial charge in [0.1, 0.15) is 5.56 Å². The van der Waals surface area contributed by atoms with Crippen LogP contribution >= 0.6 is 0 Å². The van der Waals surface area contributed by atoms with Crippen LogP contribution in [0.4, 0.5) is 5.82 Å². The molecule has 1 amide bonds. The summed E-state index contributed by atoms with van der Waals surface area (Å²) < 4.78 is 0. The number of aryl methyl sites for hydroxylation is 2. The van der Waals surface area contributed by atoms with Gasteiger partial charge in [-0.3, -0.25) is 9.69 Å². The number of H-pyrrole nitrogens is 1. The third kappa shape index (κ3) is 1.87. The van der Waals surface area contributed by atoms with Crippen molar-refractivity contribution in [3.8, 4) is 0 Å². The largest absolute Gasteiger partial charge is 0.365 e. The van der Waals surface area contributed by atoms with E-state index in [0.717, 1.165) is 30.2 Å². The van der Waals surface area contributed by atoms with Crippen LogP contribution in [0.2, 0.25) is 0 Å². The molecule has 0 saturated carbocycles. The first-order valence-corrected chi connectivity index (χ1v) is 5.68. The summed E-state index contributed by atoms with van der Waals surface area (Å²) in [5.41, 5.74) is 8.09. The Morgan fingerprint density at radius 2 is 2.00 bits per heavy atom. The monoisotopic (exact) mass is 220 g/mol. The molecule has 1 fully saturated rings. The van der Waals surface area contributed by atoms with E-state index in [0.29, 0.717) is 5.56 Å². The number of aromatic amines is 1. The molecule has 0 atom stereocenters. The fourth-order valence-corrected chi connectivity index (χ4v) is 2.36. The molecule has 2 heterocycles. The van der Waals surface area contributed by atoms with Crippen LogP contribution in [0.1, 0.15) is 34.5 Å². The van der Waals surface area contributed by atoms with Crippen LogP contribution in [0.5, 0.6) is 0 Å². The van der Waals surface area contributed by atoms with Gasteiger partial charge >= 0.3 is 0 Å². The van der Waals surface area contributed by atoms with Gasteiger partial charge in [-0.1, -0.05) is 0 Å². The van der Waals surface area contributed by atoms with E-state index >= 15 is 0 Å². The van der Waals surface area contributed by atoms with E-state index in [4.69, 9.17) is 5.73 Å². The topological polar surface area (TPSA) is 60.5 Å². The van der Waals surface area contributed by atoms with Crippen molar-refractivity contribution in [2.75, 3.05) is 18.0 Å². The normalized spacial score (nSPS) is 15.5. The Morgan fingerprint density at radius 1 is 1.38 bits per heavy atom. The van der Waals surface area contributed by atoms with Crippen LogP contribution in [0.3, 0.4) is 0 Å². The van der Waals surface area contributed by atoms with E-state index in [9.17, 15) is 4.79 Å². The lowest BCUT2D eigenvalue weighted by Crippen LogP contribution is -2.32. The Hall–Kier alpha value is -1.58. The number of primary amides is 1. The second kappa shape index (κ2) is 4.12. The van der Waals surface area contributed by atoms with Crippen molar-refractivity contribution in [2.45, 2.75) is 26.7 Å². The van der Waals surface area contributed by atoms with Crippen LogP contribution in [-0.4, -0.2) is 19.0 Å². The molecule has 86 valence electrons. The minimum atomic E-state index is -0.351. The maximum Gasteiger partial charge on any atom is 0.287 e. The summed E-state index contributed by atoms with van der Waals surface area (Å²) in [6.45, 7) is 5.93. The average molecular weight is 220 g/mol. The molecule has 1 aromatic heterocycles.